The lowest BCUT2D eigenvalue weighted by Gasteiger charge is -2.35. The van der Waals surface area contributed by atoms with Gasteiger partial charge in [0.05, 0.1) is 0 Å². The van der Waals surface area contributed by atoms with E-state index in [1.54, 1.807) is 0 Å². The van der Waals surface area contributed by atoms with Crippen LogP contribution in [0.2, 0.25) is 0 Å². The first kappa shape index (κ1) is 20.6. The summed E-state index contributed by atoms with van der Waals surface area (Å²) in [4.78, 5) is 17.2. The van der Waals surface area contributed by atoms with E-state index >= 15 is 0 Å². The van der Waals surface area contributed by atoms with Gasteiger partial charge in [-0.2, -0.15) is 0 Å². The van der Waals surface area contributed by atoms with Crippen molar-refractivity contribution in [3.8, 4) is 0 Å². The molecule has 164 valence electrons. The Labute approximate surface area is 185 Å². The van der Waals surface area contributed by atoms with Crippen molar-refractivity contribution in [3.05, 3.63) is 48.0 Å². The van der Waals surface area contributed by atoms with Crippen LogP contribution in [0.25, 0.3) is 21.8 Å². The highest BCUT2D eigenvalue weighted by atomic mass is 16.2. The molecule has 1 aliphatic carbocycles. The van der Waals surface area contributed by atoms with Crippen LogP contribution in [0.1, 0.15) is 51.0 Å². The molecule has 4 heteroatoms. The standard InChI is InChI=1S/C27H35N3O/c1-2-30-25-10-6-5-9-23(25)24-19-22(11-13-26(24)30)20-28-15-17-29(18-16-28)27(31)14-12-21-7-3-4-8-21/h5-6,9-11,13,19,21H,2-4,7-8,12,14-18,20H2,1H3. The van der Waals surface area contributed by atoms with Crippen LogP contribution in [0.5, 0.6) is 0 Å². The summed E-state index contributed by atoms with van der Waals surface area (Å²) in [5.74, 6) is 1.18. The minimum Gasteiger partial charge on any atom is -0.341 e. The molecule has 4 nitrogen and oxygen atoms in total. The molecule has 0 bridgehead atoms. The first-order valence-electron chi connectivity index (χ1n) is 12.2. The largest absolute Gasteiger partial charge is 0.341 e. The molecule has 2 aromatic carbocycles. The maximum Gasteiger partial charge on any atom is 0.222 e. The third-order valence-corrected chi connectivity index (χ3v) is 7.53. The lowest BCUT2D eigenvalue weighted by atomic mass is 10.0. The van der Waals surface area contributed by atoms with Gasteiger partial charge < -0.3 is 9.47 Å². The summed E-state index contributed by atoms with van der Waals surface area (Å²) in [5, 5.41) is 2.70. The molecular formula is C27H35N3O. The highest BCUT2D eigenvalue weighted by Crippen LogP contribution is 2.30. The van der Waals surface area contributed by atoms with Gasteiger partial charge in [0.25, 0.3) is 0 Å². The molecule has 1 aromatic heterocycles. The van der Waals surface area contributed by atoms with Crippen molar-refractivity contribution < 1.29 is 4.79 Å². The number of aromatic nitrogens is 1. The van der Waals surface area contributed by atoms with Crippen molar-refractivity contribution in [3.63, 3.8) is 0 Å². The maximum atomic E-state index is 12.6. The maximum absolute atomic E-state index is 12.6. The molecule has 0 unspecified atom stereocenters. The van der Waals surface area contributed by atoms with Crippen LogP contribution in [0.15, 0.2) is 42.5 Å². The zero-order valence-electron chi connectivity index (χ0n) is 18.9. The number of benzene rings is 2. The zero-order valence-corrected chi connectivity index (χ0v) is 18.9. The van der Waals surface area contributed by atoms with Crippen molar-refractivity contribution in [1.29, 1.82) is 0 Å². The summed E-state index contributed by atoms with van der Waals surface area (Å²) in [6.45, 7) is 7.87. The van der Waals surface area contributed by atoms with E-state index < -0.39 is 0 Å². The SMILES string of the molecule is CCn1c2ccccc2c2cc(CN3CCN(C(=O)CCC4CCCC4)CC3)ccc21. The predicted molar refractivity (Wildman–Crippen MR) is 128 cm³/mol. The Morgan fingerprint density at radius 3 is 2.45 bits per heavy atom. The molecule has 3 aromatic rings. The summed E-state index contributed by atoms with van der Waals surface area (Å²) >= 11 is 0. The normalized spacial score (nSPS) is 18.4. The van der Waals surface area contributed by atoms with E-state index in [2.05, 4.69) is 63.8 Å². The van der Waals surface area contributed by atoms with E-state index in [4.69, 9.17) is 0 Å². The van der Waals surface area contributed by atoms with Crippen molar-refractivity contribution in [2.45, 2.75) is 58.5 Å². The molecule has 2 aliphatic rings. The number of nitrogens with zero attached hydrogens (tertiary/aromatic N) is 3. The number of amides is 1. The molecule has 0 N–H and O–H groups in total. The number of piperazine rings is 1. The van der Waals surface area contributed by atoms with Gasteiger partial charge in [-0.25, -0.2) is 0 Å². The molecule has 2 fully saturated rings. The van der Waals surface area contributed by atoms with E-state index in [0.29, 0.717) is 5.91 Å². The average molecular weight is 418 g/mol. The number of fused-ring (bicyclic) bond motifs is 3. The minimum absolute atomic E-state index is 0.375. The second-order valence-electron chi connectivity index (χ2n) is 9.46. The van der Waals surface area contributed by atoms with Crippen LogP contribution < -0.4 is 0 Å². The Hall–Kier alpha value is -2.33. The van der Waals surface area contributed by atoms with Crippen LogP contribution in [0.4, 0.5) is 0 Å². The van der Waals surface area contributed by atoms with Crippen LogP contribution in [0, 0.1) is 5.92 Å². The molecule has 1 amide bonds. The number of para-hydroxylation sites is 1. The lowest BCUT2D eigenvalue weighted by molar-refractivity contribution is -0.133. The van der Waals surface area contributed by atoms with Gasteiger partial charge in [0.15, 0.2) is 0 Å². The summed E-state index contributed by atoms with van der Waals surface area (Å²) in [6, 6.07) is 15.7. The van der Waals surface area contributed by atoms with E-state index in [0.717, 1.165) is 58.0 Å². The van der Waals surface area contributed by atoms with E-state index in [-0.39, 0.29) is 0 Å². The van der Waals surface area contributed by atoms with Gasteiger partial charge in [0, 0.05) is 67.5 Å². The zero-order chi connectivity index (χ0) is 21.2. The Bertz CT molecular complexity index is 1050. The Balaban J connectivity index is 1.21. The molecule has 1 aliphatic heterocycles. The first-order valence-corrected chi connectivity index (χ1v) is 12.2. The number of carbonyl (C=O) groups is 1. The summed E-state index contributed by atoms with van der Waals surface area (Å²) in [7, 11) is 0. The van der Waals surface area contributed by atoms with Gasteiger partial charge in [0.1, 0.15) is 0 Å². The molecule has 31 heavy (non-hydrogen) atoms. The van der Waals surface area contributed by atoms with E-state index in [1.165, 1.54) is 53.1 Å². The lowest BCUT2D eigenvalue weighted by Crippen LogP contribution is -2.48. The smallest absolute Gasteiger partial charge is 0.222 e. The van der Waals surface area contributed by atoms with E-state index in [9.17, 15) is 4.79 Å². The van der Waals surface area contributed by atoms with Crippen molar-refractivity contribution in [2.75, 3.05) is 26.2 Å². The third-order valence-electron chi connectivity index (χ3n) is 7.53. The fraction of sp³-hybridized carbons (Fsp3) is 0.519. The summed E-state index contributed by atoms with van der Waals surface area (Å²) in [5.41, 5.74) is 4.01. The molecule has 1 saturated heterocycles. The Kier molecular flexibility index (Phi) is 5.99. The molecule has 2 heterocycles. The van der Waals surface area contributed by atoms with Gasteiger partial charge in [-0.1, -0.05) is 49.9 Å². The number of hydrogen-bond donors (Lipinski definition) is 0. The fourth-order valence-electron chi connectivity index (χ4n) is 5.74. The van der Waals surface area contributed by atoms with Crippen LogP contribution in [-0.4, -0.2) is 46.5 Å². The van der Waals surface area contributed by atoms with E-state index in [1.807, 2.05) is 0 Å². The topological polar surface area (TPSA) is 28.5 Å². The highest BCUT2D eigenvalue weighted by molar-refractivity contribution is 6.08. The van der Waals surface area contributed by atoms with Gasteiger partial charge in [-0.05, 0) is 43.0 Å². The first-order chi connectivity index (χ1) is 15.2. The number of aryl methyl sites for hydroxylation is 1. The van der Waals surface area contributed by atoms with Crippen molar-refractivity contribution >= 4 is 27.7 Å². The van der Waals surface area contributed by atoms with Gasteiger partial charge in [-0.15, -0.1) is 0 Å². The van der Waals surface area contributed by atoms with Crippen molar-refractivity contribution in [1.82, 2.24) is 14.4 Å². The quantitative estimate of drug-likeness (QED) is 0.535. The molecule has 0 spiro atoms. The van der Waals surface area contributed by atoms with Gasteiger partial charge in [-0.3, -0.25) is 9.69 Å². The molecule has 0 atom stereocenters. The minimum atomic E-state index is 0.375. The second-order valence-corrected chi connectivity index (χ2v) is 9.46. The average Bonchev–Trinajstić information content (AvgIpc) is 3.44. The molecule has 1 saturated carbocycles. The molecule has 5 rings (SSSR count). The molecular weight excluding hydrogens is 382 g/mol. The van der Waals surface area contributed by atoms with Gasteiger partial charge in [0.2, 0.25) is 5.91 Å². The van der Waals surface area contributed by atoms with Crippen LogP contribution >= 0.6 is 0 Å². The van der Waals surface area contributed by atoms with Crippen LogP contribution in [0.3, 0.4) is 0 Å². The van der Waals surface area contributed by atoms with Crippen LogP contribution in [-0.2, 0) is 17.9 Å². The monoisotopic (exact) mass is 417 g/mol. The fourth-order valence-corrected chi connectivity index (χ4v) is 5.74. The summed E-state index contributed by atoms with van der Waals surface area (Å²) < 4.78 is 2.41. The highest BCUT2D eigenvalue weighted by Gasteiger charge is 2.23. The Morgan fingerprint density at radius 2 is 1.68 bits per heavy atom. The number of rotatable bonds is 6. The predicted octanol–water partition coefficient (Wildman–Crippen LogP) is 5.43. The van der Waals surface area contributed by atoms with Gasteiger partial charge >= 0.3 is 0 Å². The number of carbonyl (C=O) groups excluding carboxylic acids is 1. The summed E-state index contributed by atoms with van der Waals surface area (Å²) in [6.07, 6.45) is 7.25. The third kappa shape index (κ3) is 4.23. The van der Waals surface area contributed by atoms with Crippen molar-refractivity contribution in [2.24, 2.45) is 5.92 Å². The Morgan fingerprint density at radius 1 is 0.935 bits per heavy atom. The molecule has 0 radical (unpaired) electrons. The second kappa shape index (κ2) is 9.04. The number of hydrogen-bond acceptors (Lipinski definition) is 2.